The van der Waals surface area contributed by atoms with Gasteiger partial charge in [0.05, 0.1) is 0 Å². The summed E-state index contributed by atoms with van der Waals surface area (Å²) in [4.78, 5) is 1.94. The van der Waals surface area contributed by atoms with Gasteiger partial charge in [-0.25, -0.2) is 4.39 Å². The Morgan fingerprint density at radius 2 is 2.23 bits per heavy atom. The number of hydrogen-bond donors (Lipinski definition) is 1. The Morgan fingerprint density at radius 1 is 1.54 bits per heavy atom. The topological polar surface area (TPSA) is 29.3 Å². The summed E-state index contributed by atoms with van der Waals surface area (Å²) >= 11 is 0. The third-order valence-electron chi connectivity index (χ3n) is 1.81. The standard InChI is InChI=1S/C10H15FN2/c1-8(12)7-13(2)10-5-3-4-9(11)6-10/h3-6,8H,7,12H2,1-2H3/t8-/m0/s1. The number of hydrogen-bond acceptors (Lipinski definition) is 2. The van der Waals surface area contributed by atoms with Crippen LogP contribution in [-0.4, -0.2) is 19.6 Å². The summed E-state index contributed by atoms with van der Waals surface area (Å²) in [6.45, 7) is 2.65. The van der Waals surface area contributed by atoms with Crippen molar-refractivity contribution in [3.8, 4) is 0 Å². The van der Waals surface area contributed by atoms with Crippen LogP contribution in [0.1, 0.15) is 6.92 Å². The van der Waals surface area contributed by atoms with Gasteiger partial charge in [0, 0.05) is 25.3 Å². The van der Waals surface area contributed by atoms with Crippen LogP contribution in [0.5, 0.6) is 0 Å². The Bertz CT molecular complexity index is 273. The van der Waals surface area contributed by atoms with Gasteiger partial charge in [-0.05, 0) is 25.1 Å². The highest BCUT2D eigenvalue weighted by Crippen LogP contribution is 2.13. The normalized spacial score (nSPS) is 12.6. The third kappa shape index (κ3) is 3.03. The number of likely N-dealkylation sites (N-methyl/N-ethyl adjacent to an activating group) is 1. The highest BCUT2D eigenvalue weighted by Gasteiger charge is 2.03. The molecule has 0 aliphatic heterocycles. The molecule has 0 aliphatic rings. The Labute approximate surface area is 78.2 Å². The summed E-state index contributed by atoms with van der Waals surface area (Å²) in [5.74, 6) is -0.214. The molecule has 1 rings (SSSR count). The van der Waals surface area contributed by atoms with E-state index >= 15 is 0 Å². The van der Waals surface area contributed by atoms with Crippen molar-refractivity contribution in [2.75, 3.05) is 18.5 Å². The Kier molecular flexibility index (Phi) is 3.25. The van der Waals surface area contributed by atoms with Crippen molar-refractivity contribution >= 4 is 5.69 Å². The minimum Gasteiger partial charge on any atom is -0.373 e. The van der Waals surface area contributed by atoms with Crippen LogP contribution < -0.4 is 10.6 Å². The van der Waals surface area contributed by atoms with Gasteiger partial charge in [-0.1, -0.05) is 6.07 Å². The predicted molar refractivity (Wildman–Crippen MR) is 53.3 cm³/mol. The molecule has 0 radical (unpaired) electrons. The summed E-state index contributed by atoms with van der Waals surface area (Å²) in [5, 5.41) is 0. The molecule has 0 aromatic heterocycles. The number of anilines is 1. The van der Waals surface area contributed by atoms with Crippen molar-refractivity contribution < 1.29 is 4.39 Å². The molecule has 2 N–H and O–H groups in total. The fourth-order valence-corrected chi connectivity index (χ4v) is 1.25. The van der Waals surface area contributed by atoms with E-state index < -0.39 is 0 Å². The van der Waals surface area contributed by atoms with E-state index in [1.54, 1.807) is 6.07 Å². The molecule has 3 heteroatoms. The molecule has 13 heavy (non-hydrogen) atoms. The van der Waals surface area contributed by atoms with Gasteiger partial charge in [-0.3, -0.25) is 0 Å². The van der Waals surface area contributed by atoms with Gasteiger partial charge in [-0.2, -0.15) is 0 Å². The smallest absolute Gasteiger partial charge is 0.125 e. The maximum atomic E-state index is 12.8. The van der Waals surface area contributed by atoms with Gasteiger partial charge in [0.2, 0.25) is 0 Å². The average molecular weight is 182 g/mol. The largest absolute Gasteiger partial charge is 0.373 e. The molecule has 0 aliphatic carbocycles. The number of nitrogens with zero attached hydrogens (tertiary/aromatic N) is 1. The van der Waals surface area contributed by atoms with Gasteiger partial charge in [0.15, 0.2) is 0 Å². The highest BCUT2D eigenvalue weighted by atomic mass is 19.1. The predicted octanol–water partition coefficient (Wildman–Crippen LogP) is 1.61. The van der Waals surface area contributed by atoms with E-state index in [0.717, 1.165) is 12.2 Å². The lowest BCUT2D eigenvalue weighted by Gasteiger charge is -2.21. The summed E-state index contributed by atoms with van der Waals surface area (Å²) in [6.07, 6.45) is 0. The summed E-state index contributed by atoms with van der Waals surface area (Å²) in [7, 11) is 1.90. The van der Waals surface area contributed by atoms with Crippen molar-refractivity contribution in [3.63, 3.8) is 0 Å². The Hall–Kier alpha value is -1.09. The van der Waals surface area contributed by atoms with Gasteiger partial charge < -0.3 is 10.6 Å². The molecule has 1 atom stereocenters. The van der Waals surface area contributed by atoms with Crippen molar-refractivity contribution in [1.29, 1.82) is 0 Å². The summed E-state index contributed by atoms with van der Waals surface area (Å²) < 4.78 is 12.8. The lowest BCUT2D eigenvalue weighted by molar-refractivity contribution is 0.626. The highest BCUT2D eigenvalue weighted by molar-refractivity contribution is 5.45. The molecule has 0 spiro atoms. The third-order valence-corrected chi connectivity index (χ3v) is 1.81. The van der Waals surface area contributed by atoms with E-state index in [9.17, 15) is 4.39 Å². The van der Waals surface area contributed by atoms with Crippen molar-refractivity contribution in [2.45, 2.75) is 13.0 Å². The van der Waals surface area contributed by atoms with Crippen molar-refractivity contribution in [2.24, 2.45) is 5.73 Å². The lowest BCUT2D eigenvalue weighted by Crippen LogP contribution is -2.32. The van der Waals surface area contributed by atoms with Crippen LogP contribution in [0.15, 0.2) is 24.3 Å². The van der Waals surface area contributed by atoms with Gasteiger partial charge in [-0.15, -0.1) is 0 Å². The molecule has 0 fully saturated rings. The first kappa shape index (κ1) is 9.99. The quantitative estimate of drug-likeness (QED) is 0.769. The van der Waals surface area contributed by atoms with E-state index in [2.05, 4.69) is 0 Å². The SMILES string of the molecule is C[C@H](N)CN(C)c1cccc(F)c1. The molecule has 0 saturated heterocycles. The molecule has 1 aromatic rings. The Morgan fingerprint density at radius 3 is 2.77 bits per heavy atom. The van der Waals surface area contributed by atoms with Crippen LogP contribution in [0, 0.1) is 5.82 Å². The zero-order chi connectivity index (χ0) is 9.84. The van der Waals surface area contributed by atoms with E-state index in [1.165, 1.54) is 12.1 Å². The minimum atomic E-state index is -0.214. The Balaban J connectivity index is 2.71. The zero-order valence-corrected chi connectivity index (χ0v) is 8.00. The van der Waals surface area contributed by atoms with Gasteiger partial charge >= 0.3 is 0 Å². The van der Waals surface area contributed by atoms with E-state index in [-0.39, 0.29) is 11.9 Å². The molecule has 0 bridgehead atoms. The zero-order valence-electron chi connectivity index (χ0n) is 8.00. The molecule has 0 heterocycles. The molecular formula is C10H15FN2. The van der Waals surface area contributed by atoms with E-state index in [1.807, 2.05) is 24.9 Å². The molecule has 1 aromatic carbocycles. The molecule has 0 amide bonds. The minimum absolute atomic E-state index is 0.0910. The fourth-order valence-electron chi connectivity index (χ4n) is 1.25. The first-order valence-corrected chi connectivity index (χ1v) is 4.32. The van der Waals surface area contributed by atoms with E-state index in [4.69, 9.17) is 5.73 Å². The number of rotatable bonds is 3. The summed E-state index contributed by atoms with van der Waals surface area (Å²) in [5.41, 5.74) is 6.49. The van der Waals surface area contributed by atoms with Crippen molar-refractivity contribution in [3.05, 3.63) is 30.1 Å². The van der Waals surface area contributed by atoms with E-state index in [0.29, 0.717) is 0 Å². The molecule has 0 unspecified atom stereocenters. The maximum absolute atomic E-state index is 12.8. The van der Waals surface area contributed by atoms with Crippen LogP contribution in [0.4, 0.5) is 10.1 Å². The second-order valence-corrected chi connectivity index (χ2v) is 3.34. The molecule has 72 valence electrons. The van der Waals surface area contributed by atoms with Crippen LogP contribution in [0.25, 0.3) is 0 Å². The van der Waals surface area contributed by atoms with Crippen molar-refractivity contribution in [1.82, 2.24) is 0 Å². The number of halogens is 1. The molecular weight excluding hydrogens is 167 g/mol. The number of benzene rings is 1. The first-order valence-electron chi connectivity index (χ1n) is 4.32. The van der Waals surface area contributed by atoms with Crippen LogP contribution in [0.3, 0.4) is 0 Å². The second-order valence-electron chi connectivity index (χ2n) is 3.34. The fraction of sp³-hybridized carbons (Fsp3) is 0.400. The first-order chi connectivity index (χ1) is 6.09. The maximum Gasteiger partial charge on any atom is 0.125 e. The van der Waals surface area contributed by atoms with Crippen LogP contribution >= 0.6 is 0 Å². The molecule has 2 nitrogen and oxygen atoms in total. The molecule has 0 saturated carbocycles. The second kappa shape index (κ2) is 4.23. The van der Waals surface area contributed by atoms with Crippen LogP contribution in [0.2, 0.25) is 0 Å². The van der Waals surface area contributed by atoms with Gasteiger partial charge in [0.1, 0.15) is 5.82 Å². The average Bonchev–Trinajstić information content (AvgIpc) is 2.03. The monoisotopic (exact) mass is 182 g/mol. The van der Waals surface area contributed by atoms with Crippen LogP contribution in [-0.2, 0) is 0 Å². The lowest BCUT2D eigenvalue weighted by atomic mass is 10.2. The summed E-state index contributed by atoms with van der Waals surface area (Å²) in [6, 6.07) is 6.59. The number of nitrogens with two attached hydrogens (primary N) is 1. The van der Waals surface area contributed by atoms with Gasteiger partial charge in [0.25, 0.3) is 0 Å².